The van der Waals surface area contributed by atoms with Crippen molar-refractivity contribution in [1.82, 2.24) is 15.0 Å². The zero-order valence-corrected chi connectivity index (χ0v) is 16.5. The number of nitrogens with zero attached hydrogens (tertiary/aromatic N) is 3. The molecule has 0 aliphatic heterocycles. The number of nitrogen functional groups attached to an aromatic ring is 1. The lowest BCUT2D eigenvalue weighted by Crippen LogP contribution is -2.14. The van der Waals surface area contributed by atoms with Crippen molar-refractivity contribution in [3.8, 4) is 17.2 Å². The van der Waals surface area contributed by atoms with E-state index in [0.717, 1.165) is 0 Å². The predicted molar refractivity (Wildman–Crippen MR) is 110 cm³/mol. The van der Waals surface area contributed by atoms with Crippen LogP contribution in [0.5, 0.6) is 5.75 Å². The lowest BCUT2D eigenvalue weighted by Gasteiger charge is -2.15. The molecule has 29 heavy (non-hydrogen) atoms. The van der Waals surface area contributed by atoms with Crippen LogP contribution in [0.4, 0.5) is 11.5 Å². The number of nitrogens with two attached hydrogens (primary N) is 1. The van der Waals surface area contributed by atoms with E-state index in [2.05, 4.69) is 20.3 Å². The number of carbonyl (C=O) groups is 1. The van der Waals surface area contributed by atoms with Gasteiger partial charge in [0.1, 0.15) is 29.2 Å². The zero-order chi connectivity index (χ0) is 20.5. The van der Waals surface area contributed by atoms with Crippen molar-refractivity contribution in [2.45, 2.75) is 0 Å². The number of anilines is 2. The van der Waals surface area contributed by atoms with Crippen molar-refractivity contribution < 1.29 is 13.9 Å². The van der Waals surface area contributed by atoms with E-state index in [4.69, 9.17) is 38.1 Å². The Morgan fingerprint density at radius 1 is 1.21 bits per heavy atom. The number of carbonyl (C=O) groups excluding carboxylic acids is 1. The molecule has 0 atom stereocenters. The minimum Gasteiger partial charge on any atom is -0.495 e. The van der Waals surface area contributed by atoms with Crippen LogP contribution in [-0.2, 0) is 0 Å². The van der Waals surface area contributed by atoms with E-state index < -0.39 is 5.91 Å². The van der Waals surface area contributed by atoms with Gasteiger partial charge in [0.25, 0.3) is 5.91 Å². The fourth-order valence-electron chi connectivity index (χ4n) is 2.85. The standard InChI is InChI=1S/C19H13Cl2N5O3/c1-28-12-7-11(19-23-5-6-29-19)13(20)16(14(12)21)26-18(27)10-4-2-3-9-15(10)24-8-25-17(9)22/h2-8H,1H3,(H,26,27)(H2,22,24,25). The van der Waals surface area contributed by atoms with Gasteiger partial charge in [-0.2, -0.15) is 0 Å². The second kappa shape index (κ2) is 7.57. The minimum absolute atomic E-state index is 0.135. The summed E-state index contributed by atoms with van der Waals surface area (Å²) in [4.78, 5) is 25.2. The topological polar surface area (TPSA) is 116 Å². The minimum atomic E-state index is -0.482. The molecule has 8 nitrogen and oxygen atoms in total. The number of methoxy groups -OCH3 is 1. The van der Waals surface area contributed by atoms with Crippen LogP contribution < -0.4 is 15.8 Å². The highest BCUT2D eigenvalue weighted by atomic mass is 35.5. The molecule has 0 radical (unpaired) electrons. The molecule has 0 saturated heterocycles. The summed E-state index contributed by atoms with van der Waals surface area (Å²) in [6.07, 6.45) is 4.18. The average Bonchev–Trinajstić information content (AvgIpc) is 3.26. The highest BCUT2D eigenvalue weighted by Crippen LogP contribution is 2.44. The van der Waals surface area contributed by atoms with Gasteiger partial charge < -0.3 is 20.2 Å². The third kappa shape index (κ3) is 3.32. The normalized spacial score (nSPS) is 10.9. The predicted octanol–water partition coefficient (Wildman–Crippen LogP) is 4.43. The summed E-state index contributed by atoms with van der Waals surface area (Å²) < 4.78 is 10.6. The molecule has 10 heteroatoms. The number of hydrogen-bond donors (Lipinski definition) is 2. The number of oxazole rings is 1. The molecule has 0 bridgehead atoms. The Hall–Kier alpha value is -3.36. The van der Waals surface area contributed by atoms with E-state index in [1.165, 1.54) is 25.9 Å². The molecule has 4 aromatic rings. The average molecular weight is 430 g/mol. The lowest BCUT2D eigenvalue weighted by atomic mass is 10.1. The number of para-hydroxylation sites is 1. The van der Waals surface area contributed by atoms with E-state index in [9.17, 15) is 4.79 Å². The molecule has 0 unspecified atom stereocenters. The number of halogens is 2. The SMILES string of the molecule is COc1cc(-c2ncco2)c(Cl)c(NC(=O)c2cccc3c(N)ncnc23)c1Cl. The number of rotatable bonds is 4. The van der Waals surface area contributed by atoms with Crippen LogP contribution >= 0.6 is 23.2 Å². The molecule has 2 aromatic heterocycles. The number of amides is 1. The van der Waals surface area contributed by atoms with Crippen LogP contribution in [0.2, 0.25) is 10.0 Å². The van der Waals surface area contributed by atoms with Crippen molar-refractivity contribution in [1.29, 1.82) is 0 Å². The molecule has 2 aromatic carbocycles. The largest absolute Gasteiger partial charge is 0.495 e. The van der Waals surface area contributed by atoms with Gasteiger partial charge in [0.2, 0.25) is 5.89 Å². The number of ether oxygens (including phenoxy) is 1. The van der Waals surface area contributed by atoms with Crippen LogP contribution in [-0.4, -0.2) is 28.0 Å². The van der Waals surface area contributed by atoms with E-state index in [1.807, 2.05) is 0 Å². The van der Waals surface area contributed by atoms with Crippen molar-refractivity contribution in [3.63, 3.8) is 0 Å². The molecule has 2 heterocycles. The first-order valence-electron chi connectivity index (χ1n) is 8.27. The fourth-order valence-corrected chi connectivity index (χ4v) is 3.45. The van der Waals surface area contributed by atoms with Crippen molar-refractivity contribution in [2.24, 2.45) is 0 Å². The Bertz CT molecular complexity index is 1230. The number of aromatic nitrogens is 3. The summed E-state index contributed by atoms with van der Waals surface area (Å²) in [5, 5.41) is 3.58. The summed E-state index contributed by atoms with van der Waals surface area (Å²) in [6.45, 7) is 0. The smallest absolute Gasteiger partial charge is 0.257 e. The summed E-state index contributed by atoms with van der Waals surface area (Å²) in [5.74, 6) is 0.340. The van der Waals surface area contributed by atoms with Gasteiger partial charge in [0.05, 0.1) is 40.7 Å². The fraction of sp³-hybridized carbons (Fsp3) is 0.0526. The van der Waals surface area contributed by atoms with E-state index in [0.29, 0.717) is 22.2 Å². The van der Waals surface area contributed by atoms with E-state index >= 15 is 0 Å². The number of fused-ring (bicyclic) bond motifs is 1. The van der Waals surface area contributed by atoms with Crippen LogP contribution in [0.1, 0.15) is 10.4 Å². The van der Waals surface area contributed by atoms with Gasteiger partial charge in [0, 0.05) is 5.39 Å². The first-order chi connectivity index (χ1) is 14.0. The third-order valence-corrected chi connectivity index (χ3v) is 5.00. The molecule has 0 spiro atoms. The molecule has 4 rings (SSSR count). The van der Waals surface area contributed by atoms with Crippen molar-refractivity contribution >= 4 is 51.5 Å². The summed E-state index contributed by atoms with van der Waals surface area (Å²) >= 11 is 12.9. The zero-order valence-electron chi connectivity index (χ0n) is 14.9. The number of benzene rings is 2. The molecule has 0 aliphatic carbocycles. The summed E-state index contributed by atoms with van der Waals surface area (Å²) in [5.41, 5.74) is 7.14. The van der Waals surface area contributed by atoms with Gasteiger partial charge in [-0.1, -0.05) is 29.3 Å². The van der Waals surface area contributed by atoms with E-state index in [1.54, 1.807) is 24.3 Å². The molecular formula is C19H13Cl2N5O3. The molecule has 3 N–H and O–H groups in total. The Kier molecular flexibility index (Phi) is 4.96. The maximum absolute atomic E-state index is 13.0. The number of nitrogens with one attached hydrogen (secondary N) is 1. The first-order valence-corrected chi connectivity index (χ1v) is 9.03. The quantitative estimate of drug-likeness (QED) is 0.492. The van der Waals surface area contributed by atoms with Crippen LogP contribution in [0.15, 0.2) is 47.5 Å². The lowest BCUT2D eigenvalue weighted by molar-refractivity contribution is 0.102. The third-order valence-electron chi connectivity index (χ3n) is 4.23. The number of hydrogen-bond acceptors (Lipinski definition) is 7. The van der Waals surface area contributed by atoms with Gasteiger partial charge in [-0.3, -0.25) is 4.79 Å². The Balaban J connectivity index is 1.82. The Morgan fingerprint density at radius 2 is 2.03 bits per heavy atom. The molecule has 0 aliphatic rings. The molecule has 0 fully saturated rings. The molecule has 146 valence electrons. The van der Waals surface area contributed by atoms with Gasteiger partial charge in [-0.15, -0.1) is 0 Å². The molecule has 1 amide bonds. The second-order valence-corrected chi connectivity index (χ2v) is 6.64. The highest BCUT2D eigenvalue weighted by Gasteiger charge is 2.22. The Morgan fingerprint density at radius 3 is 2.76 bits per heavy atom. The summed E-state index contributed by atoms with van der Waals surface area (Å²) in [7, 11) is 1.45. The van der Waals surface area contributed by atoms with Gasteiger partial charge in [-0.05, 0) is 18.2 Å². The van der Waals surface area contributed by atoms with Crippen LogP contribution in [0.3, 0.4) is 0 Å². The monoisotopic (exact) mass is 429 g/mol. The first kappa shape index (κ1) is 19.0. The van der Waals surface area contributed by atoms with Gasteiger partial charge in [-0.25, -0.2) is 15.0 Å². The Labute approximate surface area is 174 Å². The maximum atomic E-state index is 13.0. The van der Waals surface area contributed by atoms with Gasteiger partial charge in [0.15, 0.2) is 0 Å². The second-order valence-electron chi connectivity index (χ2n) is 5.88. The summed E-state index contributed by atoms with van der Waals surface area (Å²) in [6, 6.07) is 6.61. The molecular weight excluding hydrogens is 417 g/mol. The maximum Gasteiger partial charge on any atom is 0.257 e. The van der Waals surface area contributed by atoms with Gasteiger partial charge >= 0.3 is 0 Å². The van der Waals surface area contributed by atoms with Crippen LogP contribution in [0, 0.1) is 0 Å². The van der Waals surface area contributed by atoms with Crippen LogP contribution in [0.25, 0.3) is 22.4 Å². The van der Waals surface area contributed by atoms with E-state index in [-0.39, 0.29) is 33.0 Å². The van der Waals surface area contributed by atoms with Crippen molar-refractivity contribution in [2.75, 3.05) is 18.2 Å². The van der Waals surface area contributed by atoms with Crippen molar-refractivity contribution in [3.05, 3.63) is 58.7 Å². The molecule has 0 saturated carbocycles. The highest BCUT2D eigenvalue weighted by molar-refractivity contribution is 6.42.